The maximum absolute atomic E-state index is 12.5. The molecule has 1 aliphatic rings. The van der Waals surface area contributed by atoms with Gasteiger partial charge in [-0.1, -0.05) is 35.4 Å². The Kier molecular flexibility index (Phi) is 5.16. The second-order valence-corrected chi connectivity index (χ2v) is 6.44. The van der Waals surface area contributed by atoms with Crippen molar-refractivity contribution in [1.29, 1.82) is 0 Å². The number of carbonyl (C=O) groups is 1. The van der Waals surface area contributed by atoms with Crippen LogP contribution in [0.2, 0.25) is 0 Å². The average Bonchev–Trinajstić information content (AvgIpc) is 3.01. The second-order valence-electron chi connectivity index (χ2n) is 6.44. The summed E-state index contributed by atoms with van der Waals surface area (Å²) in [6.45, 7) is 1.47. The fraction of sp³-hybridized carbons (Fsp3) is 0.353. The van der Waals surface area contributed by atoms with E-state index in [1.165, 1.54) is 25.3 Å². The first-order chi connectivity index (χ1) is 13.3. The van der Waals surface area contributed by atoms with E-state index in [1.807, 2.05) is 0 Å². The van der Waals surface area contributed by atoms with Crippen molar-refractivity contribution in [3.63, 3.8) is 0 Å². The summed E-state index contributed by atoms with van der Waals surface area (Å²) in [5.41, 5.74) is 5.50. The molecule has 11 heteroatoms. The number of ketones is 1. The van der Waals surface area contributed by atoms with Gasteiger partial charge in [-0.15, -0.1) is 0 Å². The summed E-state index contributed by atoms with van der Waals surface area (Å²) in [7, 11) is 0. The smallest absolute Gasteiger partial charge is 0.330 e. The number of ether oxygens (including phenoxy) is 1. The van der Waals surface area contributed by atoms with E-state index in [0.717, 1.165) is 4.57 Å². The van der Waals surface area contributed by atoms with Gasteiger partial charge in [-0.3, -0.25) is 19.1 Å². The zero-order valence-electron chi connectivity index (χ0n) is 14.7. The largest absolute Gasteiger partial charge is 0.382 e. The van der Waals surface area contributed by atoms with Crippen LogP contribution in [0.3, 0.4) is 0 Å². The second kappa shape index (κ2) is 7.41. The van der Waals surface area contributed by atoms with Crippen LogP contribution in [0.15, 0.2) is 51.2 Å². The van der Waals surface area contributed by atoms with Gasteiger partial charge >= 0.3 is 5.69 Å². The maximum atomic E-state index is 12.5. The lowest BCUT2D eigenvalue weighted by molar-refractivity contribution is -0.102. The van der Waals surface area contributed by atoms with Crippen LogP contribution in [-0.2, 0) is 4.74 Å². The first kappa shape index (κ1) is 19.5. The summed E-state index contributed by atoms with van der Waals surface area (Å²) in [6, 6.07) is 7.83. The summed E-state index contributed by atoms with van der Waals surface area (Å²) in [4.78, 5) is 40.8. The van der Waals surface area contributed by atoms with Crippen molar-refractivity contribution < 1.29 is 19.7 Å². The number of aromatic amines is 1. The number of hydrogen-bond donors (Lipinski definition) is 3. The van der Waals surface area contributed by atoms with Crippen molar-refractivity contribution in [2.45, 2.75) is 37.5 Å². The molecule has 1 unspecified atom stereocenters. The number of nitrogens with one attached hydrogen (secondary N) is 1. The van der Waals surface area contributed by atoms with Gasteiger partial charge in [0.05, 0.1) is 0 Å². The highest BCUT2D eigenvalue weighted by molar-refractivity contribution is 5.99. The highest BCUT2D eigenvalue weighted by Crippen LogP contribution is 2.39. The van der Waals surface area contributed by atoms with Gasteiger partial charge in [-0.2, -0.15) is 0 Å². The van der Waals surface area contributed by atoms with Crippen LogP contribution in [0.25, 0.3) is 10.4 Å². The van der Waals surface area contributed by atoms with Gasteiger partial charge in [0.2, 0.25) is 0 Å². The van der Waals surface area contributed by atoms with Gasteiger partial charge in [-0.05, 0) is 12.5 Å². The molecule has 0 bridgehead atoms. The summed E-state index contributed by atoms with van der Waals surface area (Å²) >= 11 is 0. The predicted molar refractivity (Wildman–Crippen MR) is 95.5 cm³/mol. The Hall–Kier alpha value is -3.24. The summed E-state index contributed by atoms with van der Waals surface area (Å²) in [6.07, 6.45) is -3.85. The van der Waals surface area contributed by atoms with Gasteiger partial charge in [0.25, 0.3) is 5.56 Å². The van der Waals surface area contributed by atoms with E-state index in [4.69, 9.17) is 10.3 Å². The first-order valence-electron chi connectivity index (χ1n) is 8.30. The molecule has 1 aliphatic heterocycles. The molecule has 0 radical (unpaired) electrons. The molecule has 28 heavy (non-hydrogen) atoms. The van der Waals surface area contributed by atoms with Crippen molar-refractivity contribution in [2.24, 2.45) is 5.11 Å². The number of benzene rings is 1. The Morgan fingerprint density at radius 2 is 2.11 bits per heavy atom. The first-order valence-corrected chi connectivity index (χ1v) is 8.30. The van der Waals surface area contributed by atoms with Crippen LogP contribution in [0.4, 0.5) is 0 Å². The van der Waals surface area contributed by atoms with Crippen molar-refractivity contribution in [2.75, 3.05) is 0 Å². The molecule has 3 rings (SSSR count). The number of aliphatic hydroxyl groups is 2. The Morgan fingerprint density at radius 3 is 2.75 bits per heavy atom. The Balaban J connectivity index is 1.98. The molecule has 11 nitrogen and oxygen atoms in total. The minimum atomic E-state index is -2.28. The number of nitrogens with zero attached hydrogens (tertiary/aromatic N) is 4. The highest BCUT2D eigenvalue weighted by atomic mass is 16.6. The average molecular weight is 387 g/mol. The van der Waals surface area contributed by atoms with E-state index in [1.54, 1.807) is 18.2 Å². The molecule has 1 aromatic heterocycles. The Bertz CT molecular complexity index is 1060. The molecule has 0 saturated carbocycles. The molecule has 4 atom stereocenters. The lowest BCUT2D eigenvalue weighted by Crippen LogP contribution is -2.47. The van der Waals surface area contributed by atoms with E-state index in [2.05, 4.69) is 15.0 Å². The highest BCUT2D eigenvalue weighted by Gasteiger charge is 2.53. The molecular formula is C17H17N5O6. The molecular weight excluding hydrogens is 370 g/mol. The minimum absolute atomic E-state index is 0.169. The fourth-order valence-electron chi connectivity index (χ4n) is 3.08. The van der Waals surface area contributed by atoms with Crippen molar-refractivity contribution in [1.82, 2.24) is 9.55 Å². The molecule has 0 aliphatic carbocycles. The SMILES string of the molecule is Cc1cn([C@H]2C[C@@](O)(N=[N+]=[N-])[C@@H](C(O)C(=O)c3ccccc3)O2)c(=O)[nH]c1=O. The van der Waals surface area contributed by atoms with E-state index in [0.29, 0.717) is 0 Å². The van der Waals surface area contributed by atoms with Gasteiger partial charge in [0.15, 0.2) is 11.5 Å². The third kappa shape index (κ3) is 3.47. The zero-order valence-corrected chi connectivity index (χ0v) is 14.7. The minimum Gasteiger partial charge on any atom is -0.382 e. The Labute approximate surface area is 157 Å². The standard InChI is InChI=1S/C17H17N5O6/c1-9-8-22(16(26)19-15(9)25)11-7-17(27,20-21-18)14(28-11)13(24)12(23)10-5-3-2-4-6-10/h2-6,8,11,13-14,24,27H,7H2,1H3,(H,19,25,26)/t11-,13?,14-,17+/m1/s1. The molecule has 3 N–H and O–H groups in total. The number of rotatable bonds is 5. The lowest BCUT2D eigenvalue weighted by atomic mass is 9.95. The van der Waals surface area contributed by atoms with Crippen LogP contribution < -0.4 is 11.2 Å². The van der Waals surface area contributed by atoms with Gasteiger partial charge in [0.1, 0.15) is 18.4 Å². The van der Waals surface area contributed by atoms with E-state index >= 15 is 0 Å². The van der Waals surface area contributed by atoms with Crippen molar-refractivity contribution in [3.05, 3.63) is 78.9 Å². The van der Waals surface area contributed by atoms with Crippen molar-refractivity contribution >= 4 is 5.78 Å². The van der Waals surface area contributed by atoms with Crippen LogP contribution in [0, 0.1) is 6.92 Å². The van der Waals surface area contributed by atoms with E-state index < -0.39 is 47.6 Å². The summed E-state index contributed by atoms with van der Waals surface area (Å²) in [5.74, 6) is -0.747. The van der Waals surface area contributed by atoms with Crippen molar-refractivity contribution in [3.8, 4) is 0 Å². The molecule has 1 aromatic carbocycles. The molecule has 0 spiro atoms. The molecule has 2 heterocycles. The monoisotopic (exact) mass is 387 g/mol. The van der Waals surface area contributed by atoms with E-state index in [-0.39, 0.29) is 11.1 Å². The number of carbonyl (C=O) groups excluding carboxylic acids is 1. The number of hydrogen-bond acceptors (Lipinski definition) is 7. The number of aromatic nitrogens is 2. The fourth-order valence-corrected chi connectivity index (χ4v) is 3.08. The molecule has 2 aromatic rings. The van der Waals surface area contributed by atoms with Crippen LogP contribution in [0.5, 0.6) is 0 Å². The van der Waals surface area contributed by atoms with Crippen LogP contribution in [-0.4, -0.2) is 43.5 Å². The maximum Gasteiger partial charge on any atom is 0.330 e. The van der Waals surface area contributed by atoms with Gasteiger partial charge in [0, 0.05) is 28.7 Å². The van der Waals surface area contributed by atoms with E-state index in [9.17, 15) is 24.6 Å². The quantitative estimate of drug-likeness (QED) is 0.290. The number of aliphatic hydroxyl groups excluding tert-OH is 1. The van der Waals surface area contributed by atoms with Crippen LogP contribution in [0.1, 0.15) is 28.6 Å². The normalized spacial score (nSPS) is 25.1. The lowest BCUT2D eigenvalue weighted by Gasteiger charge is -2.26. The third-order valence-electron chi connectivity index (χ3n) is 4.52. The number of aryl methyl sites for hydroxylation is 1. The third-order valence-corrected chi connectivity index (χ3v) is 4.52. The predicted octanol–water partition coefficient (Wildman–Crippen LogP) is 0.375. The number of azide groups is 1. The number of H-pyrrole nitrogens is 1. The molecule has 146 valence electrons. The molecule has 1 fully saturated rings. The topological polar surface area (TPSA) is 170 Å². The van der Waals surface area contributed by atoms with Crippen LogP contribution >= 0.6 is 0 Å². The number of Topliss-reactive ketones (excluding diaryl/α,β-unsaturated/α-hetero) is 1. The van der Waals surface area contributed by atoms with Gasteiger partial charge < -0.3 is 14.9 Å². The Morgan fingerprint density at radius 1 is 1.43 bits per heavy atom. The molecule has 0 amide bonds. The molecule has 1 saturated heterocycles. The summed E-state index contributed by atoms with van der Waals surface area (Å²) < 4.78 is 6.55. The summed E-state index contributed by atoms with van der Waals surface area (Å²) in [5, 5.41) is 24.5. The zero-order chi connectivity index (χ0) is 20.5. The van der Waals surface area contributed by atoms with Gasteiger partial charge in [-0.25, -0.2) is 4.79 Å².